The predicted octanol–water partition coefficient (Wildman–Crippen LogP) is 5.68. The maximum absolute atomic E-state index is 13.1. The van der Waals surface area contributed by atoms with Gasteiger partial charge in [0.05, 0.1) is 10.6 Å². The van der Waals surface area contributed by atoms with Gasteiger partial charge in [-0.25, -0.2) is 4.99 Å². The SMILES string of the molecule is O=C1/C(=C\c2cccs2)SC(=Nc2ccccc2)N1C1CCCCC1. The number of carbonyl (C=O) groups is 1. The first-order chi connectivity index (χ1) is 12.3. The predicted molar refractivity (Wildman–Crippen MR) is 107 cm³/mol. The van der Waals surface area contributed by atoms with Gasteiger partial charge in [0.25, 0.3) is 5.91 Å². The highest BCUT2D eigenvalue weighted by Gasteiger charge is 2.38. The lowest BCUT2D eigenvalue weighted by molar-refractivity contribution is -0.124. The Morgan fingerprint density at radius 3 is 2.56 bits per heavy atom. The topological polar surface area (TPSA) is 32.7 Å². The second kappa shape index (κ2) is 7.58. The summed E-state index contributed by atoms with van der Waals surface area (Å²) in [7, 11) is 0. The molecule has 2 aliphatic rings. The van der Waals surface area contributed by atoms with Crippen molar-refractivity contribution in [2.24, 2.45) is 4.99 Å². The molecular weight excluding hydrogens is 348 g/mol. The third-order valence-electron chi connectivity index (χ3n) is 4.57. The van der Waals surface area contributed by atoms with Gasteiger partial charge in [-0.3, -0.25) is 9.69 Å². The van der Waals surface area contributed by atoms with E-state index in [2.05, 4.69) is 0 Å². The van der Waals surface area contributed by atoms with Gasteiger partial charge in [0, 0.05) is 10.9 Å². The van der Waals surface area contributed by atoms with E-state index in [0.717, 1.165) is 33.5 Å². The number of rotatable bonds is 3. The summed E-state index contributed by atoms with van der Waals surface area (Å²) < 4.78 is 0. The van der Waals surface area contributed by atoms with Gasteiger partial charge >= 0.3 is 0 Å². The Kier molecular flexibility index (Phi) is 5.04. The molecule has 1 aromatic carbocycles. The number of nitrogens with zero attached hydrogens (tertiary/aromatic N) is 2. The minimum Gasteiger partial charge on any atom is -0.283 e. The summed E-state index contributed by atoms with van der Waals surface area (Å²) in [6.07, 6.45) is 7.82. The van der Waals surface area contributed by atoms with Gasteiger partial charge in [0.1, 0.15) is 0 Å². The van der Waals surface area contributed by atoms with Crippen LogP contribution in [0.5, 0.6) is 0 Å². The first-order valence-corrected chi connectivity index (χ1v) is 10.4. The minimum atomic E-state index is 0.111. The highest BCUT2D eigenvalue weighted by molar-refractivity contribution is 8.18. The maximum Gasteiger partial charge on any atom is 0.267 e. The van der Waals surface area contributed by atoms with Crippen LogP contribution in [-0.4, -0.2) is 22.0 Å². The number of carbonyl (C=O) groups excluding carboxylic acids is 1. The van der Waals surface area contributed by atoms with Crippen LogP contribution in [0.1, 0.15) is 37.0 Å². The van der Waals surface area contributed by atoms with E-state index in [9.17, 15) is 4.79 Å². The molecule has 25 heavy (non-hydrogen) atoms. The maximum atomic E-state index is 13.1. The zero-order valence-corrected chi connectivity index (χ0v) is 15.6. The smallest absolute Gasteiger partial charge is 0.267 e. The van der Waals surface area contributed by atoms with Crippen molar-refractivity contribution < 1.29 is 4.79 Å². The molecular formula is C20H20N2OS2. The molecule has 2 aromatic rings. The molecule has 2 fully saturated rings. The van der Waals surface area contributed by atoms with Crippen molar-refractivity contribution in [3.63, 3.8) is 0 Å². The molecule has 128 valence electrons. The van der Waals surface area contributed by atoms with Crippen LogP contribution in [-0.2, 0) is 4.79 Å². The molecule has 1 saturated carbocycles. The van der Waals surface area contributed by atoms with Crippen molar-refractivity contribution in [2.45, 2.75) is 38.1 Å². The third-order valence-corrected chi connectivity index (χ3v) is 6.38. The molecule has 2 heterocycles. The first-order valence-electron chi connectivity index (χ1n) is 8.71. The summed E-state index contributed by atoms with van der Waals surface area (Å²) in [6, 6.07) is 14.3. The van der Waals surface area contributed by atoms with Crippen LogP contribution in [0.4, 0.5) is 5.69 Å². The lowest BCUT2D eigenvalue weighted by Crippen LogP contribution is -2.40. The van der Waals surface area contributed by atoms with E-state index < -0.39 is 0 Å². The molecule has 0 N–H and O–H groups in total. The highest BCUT2D eigenvalue weighted by Crippen LogP contribution is 2.38. The fraction of sp³-hybridized carbons (Fsp3) is 0.300. The first kappa shape index (κ1) is 16.6. The quantitative estimate of drug-likeness (QED) is 0.653. The van der Waals surface area contributed by atoms with E-state index >= 15 is 0 Å². The summed E-state index contributed by atoms with van der Waals surface area (Å²) in [4.78, 5) is 21.7. The molecule has 0 bridgehead atoms. The van der Waals surface area contributed by atoms with E-state index in [1.54, 1.807) is 11.3 Å². The van der Waals surface area contributed by atoms with Gasteiger partial charge in [-0.1, -0.05) is 43.5 Å². The fourth-order valence-corrected chi connectivity index (χ4v) is 5.12. The van der Waals surface area contributed by atoms with Gasteiger partial charge in [0.15, 0.2) is 5.17 Å². The number of amides is 1. The fourth-order valence-electron chi connectivity index (χ4n) is 3.34. The molecule has 0 radical (unpaired) electrons. The second-order valence-electron chi connectivity index (χ2n) is 6.32. The van der Waals surface area contributed by atoms with E-state index in [1.165, 1.54) is 31.0 Å². The second-order valence-corrected chi connectivity index (χ2v) is 8.31. The molecule has 1 amide bonds. The summed E-state index contributed by atoms with van der Waals surface area (Å²) in [5.41, 5.74) is 0.899. The molecule has 1 aliphatic heterocycles. The number of amidine groups is 1. The van der Waals surface area contributed by atoms with Crippen LogP contribution in [0.3, 0.4) is 0 Å². The summed E-state index contributed by atoms with van der Waals surface area (Å²) in [5.74, 6) is 0.111. The Morgan fingerprint density at radius 1 is 1.04 bits per heavy atom. The van der Waals surface area contributed by atoms with Crippen LogP contribution >= 0.6 is 23.1 Å². The standard InChI is InChI=1S/C20H20N2OS2/c23-19-18(14-17-12-7-13-24-17)25-20(21-15-8-3-1-4-9-15)22(19)16-10-5-2-6-11-16/h1,3-4,7-9,12-14,16H,2,5-6,10-11H2/b18-14+,21-20?. The van der Waals surface area contributed by atoms with Crippen LogP contribution in [0.15, 0.2) is 57.7 Å². The Balaban J connectivity index is 1.69. The van der Waals surface area contributed by atoms with Crippen LogP contribution < -0.4 is 0 Å². The molecule has 0 spiro atoms. The van der Waals surface area contributed by atoms with E-state index in [4.69, 9.17) is 4.99 Å². The van der Waals surface area contributed by atoms with Crippen molar-refractivity contribution in [2.75, 3.05) is 0 Å². The minimum absolute atomic E-state index is 0.111. The van der Waals surface area contributed by atoms with Gasteiger partial charge in [-0.2, -0.15) is 0 Å². The normalized spacial score (nSPS) is 22.2. The van der Waals surface area contributed by atoms with E-state index in [1.807, 2.05) is 58.8 Å². The van der Waals surface area contributed by atoms with Crippen LogP contribution in [0.2, 0.25) is 0 Å². The number of hydrogen-bond donors (Lipinski definition) is 0. The monoisotopic (exact) mass is 368 g/mol. The lowest BCUT2D eigenvalue weighted by Gasteiger charge is -2.30. The molecule has 1 saturated heterocycles. The van der Waals surface area contributed by atoms with Gasteiger partial charge in [-0.05, 0) is 54.3 Å². The molecule has 0 atom stereocenters. The zero-order valence-electron chi connectivity index (χ0n) is 13.9. The van der Waals surface area contributed by atoms with Crippen molar-refractivity contribution in [1.82, 2.24) is 4.90 Å². The lowest BCUT2D eigenvalue weighted by atomic mass is 9.94. The average molecular weight is 369 g/mol. The Morgan fingerprint density at radius 2 is 1.84 bits per heavy atom. The molecule has 3 nitrogen and oxygen atoms in total. The van der Waals surface area contributed by atoms with Crippen LogP contribution in [0, 0.1) is 0 Å². The van der Waals surface area contributed by atoms with E-state index in [-0.39, 0.29) is 11.9 Å². The third kappa shape index (κ3) is 3.72. The number of aliphatic imine (C=N–C) groups is 1. The van der Waals surface area contributed by atoms with Crippen molar-refractivity contribution in [1.29, 1.82) is 0 Å². The molecule has 4 rings (SSSR count). The number of hydrogen-bond acceptors (Lipinski definition) is 4. The van der Waals surface area contributed by atoms with Crippen LogP contribution in [0.25, 0.3) is 6.08 Å². The summed E-state index contributed by atoms with van der Waals surface area (Å²) in [6.45, 7) is 0. The zero-order chi connectivity index (χ0) is 17.1. The number of benzene rings is 1. The van der Waals surface area contributed by atoms with Crippen molar-refractivity contribution in [3.8, 4) is 0 Å². The van der Waals surface area contributed by atoms with Gasteiger partial charge in [-0.15, -0.1) is 11.3 Å². The summed E-state index contributed by atoms with van der Waals surface area (Å²) in [5, 5.41) is 2.86. The van der Waals surface area contributed by atoms with E-state index in [0.29, 0.717) is 0 Å². The molecule has 1 aromatic heterocycles. The Labute approximate surface area is 156 Å². The molecule has 5 heteroatoms. The Bertz CT molecular complexity index is 790. The van der Waals surface area contributed by atoms with Gasteiger partial charge in [0.2, 0.25) is 0 Å². The number of thiophene rings is 1. The summed E-state index contributed by atoms with van der Waals surface area (Å²) >= 11 is 3.16. The molecule has 0 unspecified atom stereocenters. The largest absolute Gasteiger partial charge is 0.283 e. The number of thioether (sulfide) groups is 1. The average Bonchev–Trinajstić information content (AvgIpc) is 3.26. The highest BCUT2D eigenvalue weighted by atomic mass is 32.2. The Hall–Kier alpha value is -1.85. The number of para-hydroxylation sites is 1. The molecule has 1 aliphatic carbocycles. The van der Waals surface area contributed by atoms with Crippen molar-refractivity contribution >= 4 is 45.9 Å². The van der Waals surface area contributed by atoms with Crippen molar-refractivity contribution in [3.05, 3.63) is 57.6 Å². The van der Waals surface area contributed by atoms with Gasteiger partial charge < -0.3 is 0 Å².